The lowest BCUT2D eigenvalue weighted by molar-refractivity contribution is 0.597. The van der Waals surface area contributed by atoms with Crippen LogP contribution in [-0.2, 0) is 16.9 Å². The molecule has 0 atom stereocenters. The Hall–Kier alpha value is -2.22. The zero-order chi connectivity index (χ0) is 15.2. The van der Waals surface area contributed by atoms with Crippen LogP contribution in [-0.4, -0.2) is 34.5 Å². The van der Waals surface area contributed by atoms with Gasteiger partial charge in [-0.05, 0) is 18.1 Å². The van der Waals surface area contributed by atoms with E-state index in [4.69, 9.17) is 5.73 Å². The van der Waals surface area contributed by atoms with Crippen molar-refractivity contribution in [2.45, 2.75) is 6.42 Å². The minimum absolute atomic E-state index is 0.0374. The van der Waals surface area contributed by atoms with Crippen molar-refractivity contribution in [3.63, 3.8) is 0 Å². The monoisotopic (exact) mass is 306 g/mol. The van der Waals surface area contributed by atoms with Crippen molar-refractivity contribution in [2.75, 3.05) is 17.2 Å². The molecule has 3 rings (SSSR count). The quantitative estimate of drug-likeness (QED) is 0.801. The molecule has 1 aliphatic heterocycles. The molecule has 0 fully saturated rings. The number of hydrogen-bond donors (Lipinski definition) is 1. The number of nitrogens with two attached hydrogens (primary N) is 1. The Labute approximate surface area is 121 Å². The maximum atomic E-state index is 12.4. The molecule has 2 N–H and O–H groups in total. The highest BCUT2D eigenvalue weighted by Crippen LogP contribution is 2.24. The number of fused-ring (bicyclic) bond motifs is 1. The van der Waals surface area contributed by atoms with Crippen molar-refractivity contribution < 1.29 is 8.42 Å². The Morgan fingerprint density at radius 2 is 2.10 bits per heavy atom. The van der Waals surface area contributed by atoms with Gasteiger partial charge >= 0.3 is 0 Å². The standard InChI is InChI=1S/C13H14N4O3S/c1-17-12-10(11(14)15-7-16-12)6-9(13(17)18)8-2-4-21(19,20)5-3-8/h2,6-7H,3-5H2,1H3,(H2,14,15,16). The first-order chi connectivity index (χ1) is 9.89. The molecular formula is C13H14N4O3S. The summed E-state index contributed by atoms with van der Waals surface area (Å²) in [6.07, 6.45) is 3.24. The third-order valence-electron chi connectivity index (χ3n) is 3.65. The van der Waals surface area contributed by atoms with Gasteiger partial charge in [0.25, 0.3) is 5.56 Å². The Bertz CT molecular complexity index is 928. The SMILES string of the molecule is Cn1c(=O)c(C2=CCS(=O)(=O)CC2)cc2c(N)ncnc21. The molecule has 7 nitrogen and oxygen atoms in total. The lowest BCUT2D eigenvalue weighted by Gasteiger charge is -2.15. The lowest BCUT2D eigenvalue weighted by Crippen LogP contribution is -2.24. The summed E-state index contributed by atoms with van der Waals surface area (Å²) in [5.41, 5.74) is 7.27. The number of hydrogen-bond acceptors (Lipinski definition) is 6. The predicted octanol–water partition coefficient (Wildman–Crippen LogP) is 0.113. The minimum atomic E-state index is -3.03. The Morgan fingerprint density at radius 3 is 2.76 bits per heavy atom. The highest BCUT2D eigenvalue weighted by atomic mass is 32.2. The van der Waals surface area contributed by atoms with Crippen molar-refractivity contribution in [3.8, 4) is 0 Å². The van der Waals surface area contributed by atoms with Gasteiger partial charge in [0.1, 0.15) is 17.8 Å². The maximum Gasteiger partial charge on any atom is 0.259 e. The van der Waals surface area contributed by atoms with Gasteiger partial charge < -0.3 is 5.73 Å². The van der Waals surface area contributed by atoms with Crippen molar-refractivity contribution >= 4 is 32.3 Å². The van der Waals surface area contributed by atoms with Gasteiger partial charge in [0.05, 0.1) is 16.9 Å². The Morgan fingerprint density at radius 1 is 1.33 bits per heavy atom. The van der Waals surface area contributed by atoms with E-state index < -0.39 is 9.84 Å². The van der Waals surface area contributed by atoms with E-state index in [0.29, 0.717) is 28.8 Å². The third kappa shape index (κ3) is 2.31. The van der Waals surface area contributed by atoms with Crippen LogP contribution in [0.5, 0.6) is 0 Å². The summed E-state index contributed by atoms with van der Waals surface area (Å²) in [5, 5.41) is 0.587. The molecule has 0 spiro atoms. The van der Waals surface area contributed by atoms with Gasteiger partial charge in [-0.2, -0.15) is 0 Å². The van der Waals surface area contributed by atoms with E-state index in [-0.39, 0.29) is 17.1 Å². The maximum absolute atomic E-state index is 12.4. The summed E-state index contributed by atoms with van der Waals surface area (Å²) < 4.78 is 24.4. The number of nitrogen functional groups attached to an aromatic ring is 1. The fourth-order valence-corrected chi connectivity index (χ4v) is 3.59. The van der Waals surface area contributed by atoms with E-state index in [9.17, 15) is 13.2 Å². The van der Waals surface area contributed by atoms with Crippen molar-refractivity contribution in [1.29, 1.82) is 0 Å². The average molecular weight is 306 g/mol. The predicted molar refractivity (Wildman–Crippen MR) is 80.4 cm³/mol. The first-order valence-corrected chi connectivity index (χ1v) is 8.21. The van der Waals surface area contributed by atoms with E-state index in [1.54, 1.807) is 19.2 Å². The van der Waals surface area contributed by atoms with Gasteiger partial charge in [0.2, 0.25) is 0 Å². The number of nitrogens with zero attached hydrogens (tertiary/aromatic N) is 3. The molecule has 0 amide bonds. The van der Waals surface area contributed by atoms with Gasteiger partial charge in [-0.3, -0.25) is 9.36 Å². The van der Waals surface area contributed by atoms with E-state index in [1.165, 1.54) is 10.9 Å². The molecule has 0 saturated carbocycles. The summed E-state index contributed by atoms with van der Waals surface area (Å²) in [7, 11) is -1.42. The van der Waals surface area contributed by atoms with E-state index in [1.807, 2.05) is 0 Å². The molecule has 2 aromatic rings. The molecule has 110 valence electrons. The van der Waals surface area contributed by atoms with Crippen LogP contribution < -0.4 is 11.3 Å². The van der Waals surface area contributed by atoms with Gasteiger partial charge in [-0.15, -0.1) is 0 Å². The van der Waals surface area contributed by atoms with Crippen molar-refractivity contribution in [1.82, 2.24) is 14.5 Å². The molecule has 21 heavy (non-hydrogen) atoms. The van der Waals surface area contributed by atoms with Crippen LogP contribution in [0.4, 0.5) is 5.82 Å². The number of aryl methyl sites for hydroxylation is 1. The van der Waals surface area contributed by atoms with Crippen LogP contribution in [0.2, 0.25) is 0 Å². The molecule has 0 aliphatic carbocycles. The summed E-state index contributed by atoms with van der Waals surface area (Å²) in [4.78, 5) is 20.4. The van der Waals surface area contributed by atoms with E-state index >= 15 is 0 Å². The molecule has 3 heterocycles. The summed E-state index contributed by atoms with van der Waals surface area (Å²) in [6, 6.07) is 1.65. The largest absolute Gasteiger partial charge is 0.383 e. The van der Waals surface area contributed by atoms with Crippen molar-refractivity contribution in [2.24, 2.45) is 7.05 Å². The smallest absolute Gasteiger partial charge is 0.259 e. The summed E-state index contributed by atoms with van der Waals surface area (Å²) in [5.74, 6) is 0.311. The molecule has 0 saturated heterocycles. The lowest BCUT2D eigenvalue weighted by atomic mass is 10.0. The van der Waals surface area contributed by atoms with E-state index in [0.717, 1.165) is 5.57 Å². The fraction of sp³-hybridized carbons (Fsp3) is 0.308. The molecule has 8 heteroatoms. The highest BCUT2D eigenvalue weighted by Gasteiger charge is 2.20. The number of aromatic nitrogens is 3. The normalized spacial score (nSPS) is 17.7. The van der Waals surface area contributed by atoms with Gasteiger partial charge in [0, 0.05) is 12.6 Å². The van der Waals surface area contributed by atoms with Crippen LogP contribution in [0.25, 0.3) is 16.6 Å². The van der Waals surface area contributed by atoms with Crippen molar-refractivity contribution in [3.05, 3.63) is 34.4 Å². The molecule has 0 unspecified atom stereocenters. The zero-order valence-corrected chi connectivity index (χ0v) is 12.2. The van der Waals surface area contributed by atoms with Crippen LogP contribution in [0.1, 0.15) is 12.0 Å². The van der Waals surface area contributed by atoms with Gasteiger partial charge in [0.15, 0.2) is 9.84 Å². The second-order valence-corrected chi connectivity index (χ2v) is 7.24. The first-order valence-electron chi connectivity index (χ1n) is 6.39. The second-order valence-electron chi connectivity index (χ2n) is 5.01. The summed E-state index contributed by atoms with van der Waals surface area (Å²) >= 11 is 0. The van der Waals surface area contributed by atoms with Crippen LogP contribution in [0.15, 0.2) is 23.3 Å². The number of allylic oxidation sites excluding steroid dienone is 1. The third-order valence-corrected chi connectivity index (χ3v) is 5.15. The number of pyridine rings is 1. The molecule has 2 aromatic heterocycles. The topological polar surface area (TPSA) is 108 Å². The number of sulfone groups is 1. The molecule has 0 bridgehead atoms. The number of rotatable bonds is 1. The minimum Gasteiger partial charge on any atom is -0.383 e. The fourth-order valence-electron chi connectivity index (χ4n) is 2.44. The molecular weight excluding hydrogens is 292 g/mol. The first kappa shape index (κ1) is 13.7. The Kier molecular flexibility index (Phi) is 3.05. The highest BCUT2D eigenvalue weighted by molar-refractivity contribution is 7.91. The van der Waals surface area contributed by atoms with Crippen LogP contribution >= 0.6 is 0 Å². The van der Waals surface area contributed by atoms with Gasteiger partial charge in [-0.1, -0.05) is 6.08 Å². The van der Waals surface area contributed by atoms with Gasteiger partial charge in [-0.25, -0.2) is 18.4 Å². The molecule has 0 aromatic carbocycles. The van der Waals surface area contributed by atoms with Crippen LogP contribution in [0.3, 0.4) is 0 Å². The molecule has 0 radical (unpaired) electrons. The molecule has 1 aliphatic rings. The Balaban J connectivity index is 2.25. The zero-order valence-electron chi connectivity index (χ0n) is 11.4. The average Bonchev–Trinajstić information content (AvgIpc) is 2.44. The van der Waals surface area contributed by atoms with Crippen LogP contribution in [0, 0.1) is 0 Å². The van der Waals surface area contributed by atoms with E-state index in [2.05, 4.69) is 9.97 Å². The number of anilines is 1. The summed E-state index contributed by atoms with van der Waals surface area (Å²) in [6.45, 7) is 0. The second kappa shape index (κ2) is 4.66.